The zero-order valence-electron chi connectivity index (χ0n) is 23.8. The summed E-state index contributed by atoms with van der Waals surface area (Å²) in [5.41, 5.74) is -1.13. The number of nitro benzene ring substituents is 2. The molecule has 234 valence electrons. The number of esters is 1. The van der Waals surface area contributed by atoms with Crippen LogP contribution in [0.5, 0.6) is 0 Å². The van der Waals surface area contributed by atoms with E-state index in [4.69, 9.17) is 8.92 Å². The number of β-lactam (4-membered cyclic amide) rings is 1. The van der Waals surface area contributed by atoms with Gasteiger partial charge in [0.05, 0.1) is 14.7 Å². The summed E-state index contributed by atoms with van der Waals surface area (Å²) in [6, 6.07) is 17.4. The van der Waals surface area contributed by atoms with E-state index in [1.54, 1.807) is 38.1 Å². The minimum Gasteiger partial charge on any atom is -0.459 e. The molecule has 0 aliphatic carbocycles. The van der Waals surface area contributed by atoms with E-state index >= 15 is 0 Å². The fraction of sp³-hybridized carbons (Fsp3) is 0.276. The summed E-state index contributed by atoms with van der Waals surface area (Å²) in [5, 5.41) is 21.2. The number of hydrogen-bond donors (Lipinski definition) is 0. The number of aliphatic imine (C=N–C) groups is 1. The minimum atomic E-state index is -4.50. The van der Waals surface area contributed by atoms with E-state index in [1.165, 1.54) is 47.1 Å². The summed E-state index contributed by atoms with van der Waals surface area (Å²) in [4.78, 5) is 53.5. The van der Waals surface area contributed by atoms with E-state index in [9.17, 15) is 38.2 Å². The number of nitro groups is 2. The Bertz CT molecular complexity index is 1780. The number of amides is 1. The van der Waals surface area contributed by atoms with E-state index in [1.807, 2.05) is 6.07 Å². The highest BCUT2D eigenvalue weighted by Gasteiger charge is 2.72. The fourth-order valence-corrected chi connectivity index (χ4v) is 7.64. The predicted octanol–water partition coefficient (Wildman–Crippen LogP) is 3.87. The molecule has 3 atom stereocenters. The number of carbonyl (C=O) groups excluding carboxylic acids is 2. The molecule has 1 amide bonds. The Hall–Kier alpha value is -4.67. The van der Waals surface area contributed by atoms with Gasteiger partial charge in [0.1, 0.15) is 24.6 Å². The molecule has 0 aromatic heterocycles. The van der Waals surface area contributed by atoms with Crippen LogP contribution in [-0.4, -0.2) is 69.6 Å². The molecule has 14 nitrogen and oxygen atoms in total. The molecule has 0 unspecified atom stereocenters. The Morgan fingerprint density at radius 2 is 1.56 bits per heavy atom. The lowest BCUT2D eigenvalue weighted by Gasteiger charge is -2.50. The number of fused-ring (bicyclic) bond motifs is 1. The largest absolute Gasteiger partial charge is 0.459 e. The zero-order valence-corrected chi connectivity index (χ0v) is 25.5. The van der Waals surface area contributed by atoms with Crippen molar-refractivity contribution >= 4 is 51.3 Å². The van der Waals surface area contributed by atoms with Gasteiger partial charge in [-0.1, -0.05) is 30.3 Å². The van der Waals surface area contributed by atoms with Crippen LogP contribution in [0.1, 0.15) is 25.0 Å². The number of carbonyl (C=O) groups is 2. The van der Waals surface area contributed by atoms with Crippen LogP contribution in [0.25, 0.3) is 0 Å². The van der Waals surface area contributed by atoms with Crippen LogP contribution >= 0.6 is 11.8 Å². The lowest BCUT2D eigenvalue weighted by atomic mass is 9.85. The normalized spacial score (nSPS) is 22.1. The number of hydrogen-bond acceptors (Lipinski definition) is 12. The zero-order chi connectivity index (χ0) is 32.6. The molecule has 0 radical (unpaired) electrons. The van der Waals surface area contributed by atoms with Crippen LogP contribution in [0.15, 0.2) is 88.8 Å². The maximum Gasteiger partial charge on any atom is 0.330 e. The Labute approximate surface area is 261 Å². The maximum atomic E-state index is 13.9. The molecule has 2 heterocycles. The fourth-order valence-electron chi connectivity index (χ4n) is 5.03. The van der Waals surface area contributed by atoms with Gasteiger partial charge in [0.25, 0.3) is 27.4 Å². The van der Waals surface area contributed by atoms with Crippen molar-refractivity contribution in [1.29, 1.82) is 0 Å². The molecule has 3 aromatic rings. The average molecular weight is 655 g/mol. The van der Waals surface area contributed by atoms with Gasteiger partial charge >= 0.3 is 5.97 Å². The first-order valence-electron chi connectivity index (χ1n) is 13.4. The highest BCUT2D eigenvalue weighted by atomic mass is 32.2. The van der Waals surface area contributed by atoms with E-state index in [0.29, 0.717) is 5.56 Å². The smallest absolute Gasteiger partial charge is 0.330 e. The first-order chi connectivity index (χ1) is 21.2. The summed E-state index contributed by atoms with van der Waals surface area (Å²) < 4.78 is 36.2. The molecule has 0 spiro atoms. The van der Waals surface area contributed by atoms with Gasteiger partial charge in [-0.05, 0) is 49.2 Å². The maximum absolute atomic E-state index is 13.9. The van der Waals surface area contributed by atoms with Crippen LogP contribution in [0.3, 0.4) is 0 Å². The third-order valence-corrected chi connectivity index (χ3v) is 10.3. The number of nitrogens with zero attached hydrogens (tertiary/aromatic N) is 4. The van der Waals surface area contributed by atoms with Gasteiger partial charge in [-0.3, -0.25) is 34.2 Å². The molecule has 45 heavy (non-hydrogen) atoms. The highest BCUT2D eigenvalue weighted by Crippen LogP contribution is 2.56. The molecule has 2 aliphatic heterocycles. The molecular weight excluding hydrogens is 628 g/mol. The van der Waals surface area contributed by atoms with Crippen molar-refractivity contribution in [2.45, 2.75) is 47.1 Å². The second kappa shape index (κ2) is 12.0. The SMILES string of the molecule is CC1(C)S[C@H]2N(C(=O)[C@@]2(COS(=O)(=O)c2ccc([N+](=O)[O-])cc2)N=Cc2ccc([N+](=O)[O-])cc2)[C@H]1C(=O)OCc1ccccc1. The monoisotopic (exact) mass is 654 g/mol. The third kappa shape index (κ3) is 6.16. The Balaban J connectivity index is 1.43. The van der Waals surface area contributed by atoms with E-state index in [0.717, 1.165) is 29.8 Å². The van der Waals surface area contributed by atoms with Gasteiger partial charge in [-0.2, -0.15) is 8.42 Å². The summed E-state index contributed by atoms with van der Waals surface area (Å²) in [7, 11) is -4.50. The minimum absolute atomic E-state index is 0.0103. The number of non-ortho nitro benzene ring substituents is 2. The third-order valence-electron chi connectivity index (χ3n) is 7.38. The Kier molecular flexibility index (Phi) is 8.48. The van der Waals surface area contributed by atoms with Gasteiger partial charge in [0.2, 0.25) is 0 Å². The summed E-state index contributed by atoms with van der Waals surface area (Å²) in [5.74, 6) is -1.32. The Morgan fingerprint density at radius 1 is 0.978 bits per heavy atom. The molecule has 2 saturated heterocycles. The van der Waals surface area contributed by atoms with Crippen LogP contribution < -0.4 is 0 Å². The van der Waals surface area contributed by atoms with Crippen LogP contribution in [0.4, 0.5) is 11.4 Å². The van der Waals surface area contributed by atoms with Crippen LogP contribution in [-0.2, 0) is 35.2 Å². The highest BCUT2D eigenvalue weighted by molar-refractivity contribution is 8.01. The predicted molar refractivity (Wildman–Crippen MR) is 162 cm³/mol. The van der Waals surface area contributed by atoms with Gasteiger partial charge in [-0.15, -0.1) is 11.8 Å². The van der Waals surface area contributed by atoms with Crippen molar-refractivity contribution < 1.29 is 36.8 Å². The van der Waals surface area contributed by atoms with Crippen molar-refractivity contribution in [3.8, 4) is 0 Å². The number of ether oxygens (including phenoxy) is 1. The molecule has 2 aliphatic rings. The van der Waals surface area contributed by atoms with E-state index < -0.39 is 60.1 Å². The molecule has 5 rings (SSSR count). The van der Waals surface area contributed by atoms with Crippen LogP contribution in [0, 0.1) is 20.2 Å². The van der Waals surface area contributed by atoms with Gasteiger partial charge in [-0.25, -0.2) is 4.79 Å². The Morgan fingerprint density at radius 3 is 2.13 bits per heavy atom. The first-order valence-corrected chi connectivity index (χ1v) is 15.7. The standard InChI is InChI=1S/C29H26N4O10S2/c1-28(2)24(25(34)42-17-20-6-4-3-5-7-20)31-26(35)29(27(31)44-28,30-16-19-8-10-21(11-9-19)32(36)37)18-43-45(40,41)23-14-12-22(13-15-23)33(38)39/h3-16,24,27H,17-18H2,1-2H3/t24-,27+,29+/m0/s1. The molecule has 0 bridgehead atoms. The van der Waals surface area contributed by atoms with Crippen molar-refractivity contribution in [1.82, 2.24) is 4.90 Å². The van der Waals surface area contributed by atoms with Crippen molar-refractivity contribution in [3.05, 3.63) is 110 Å². The average Bonchev–Trinajstić information content (AvgIpc) is 3.29. The molecule has 0 N–H and O–H groups in total. The van der Waals surface area contributed by atoms with Gasteiger partial charge in [0.15, 0.2) is 5.54 Å². The summed E-state index contributed by atoms with van der Waals surface area (Å²) in [6.45, 7) is 2.77. The van der Waals surface area contributed by atoms with Gasteiger partial charge in [0, 0.05) is 35.2 Å². The quantitative estimate of drug-likeness (QED) is 0.0729. The number of benzene rings is 3. The van der Waals surface area contributed by atoms with Crippen molar-refractivity contribution in [2.24, 2.45) is 4.99 Å². The molecule has 2 fully saturated rings. The molecular formula is C29H26N4O10S2. The van der Waals surface area contributed by atoms with Crippen molar-refractivity contribution in [3.63, 3.8) is 0 Å². The van der Waals surface area contributed by atoms with Crippen LogP contribution in [0.2, 0.25) is 0 Å². The second-order valence-corrected chi connectivity index (χ2v) is 14.1. The van der Waals surface area contributed by atoms with Crippen molar-refractivity contribution in [2.75, 3.05) is 6.61 Å². The molecule has 3 aromatic carbocycles. The number of rotatable bonds is 11. The topological polar surface area (TPSA) is 189 Å². The number of thioether (sulfide) groups is 1. The summed E-state index contributed by atoms with van der Waals surface area (Å²) in [6.07, 6.45) is 1.29. The molecule has 0 saturated carbocycles. The van der Waals surface area contributed by atoms with E-state index in [-0.39, 0.29) is 22.9 Å². The van der Waals surface area contributed by atoms with E-state index in [2.05, 4.69) is 4.99 Å². The van der Waals surface area contributed by atoms with Gasteiger partial charge < -0.3 is 9.64 Å². The summed E-state index contributed by atoms with van der Waals surface area (Å²) >= 11 is 1.23. The first kappa shape index (κ1) is 31.7. The second-order valence-electron chi connectivity index (χ2n) is 10.8. The lowest BCUT2D eigenvalue weighted by Crippen LogP contribution is -2.74. The molecule has 16 heteroatoms. The lowest BCUT2D eigenvalue weighted by molar-refractivity contribution is -0.385.